The van der Waals surface area contributed by atoms with Gasteiger partial charge < -0.3 is 10.1 Å². The smallest absolute Gasteiger partial charge is 0.251 e. The minimum Gasteiger partial charge on any atom is -0.487 e. The fraction of sp³-hybridized carbons (Fsp3) is 0.250. The lowest BCUT2D eigenvalue weighted by atomic mass is 10.2. The highest BCUT2D eigenvalue weighted by molar-refractivity contribution is 6.99. The Morgan fingerprint density at radius 2 is 2.28 bits per heavy atom. The quantitative estimate of drug-likeness (QED) is 0.913. The van der Waals surface area contributed by atoms with E-state index in [1.807, 2.05) is 13.0 Å². The maximum atomic E-state index is 11.5. The van der Waals surface area contributed by atoms with Crippen molar-refractivity contribution in [3.63, 3.8) is 0 Å². The van der Waals surface area contributed by atoms with E-state index in [9.17, 15) is 4.79 Å². The average molecular weight is 263 g/mol. The second-order valence-electron chi connectivity index (χ2n) is 3.69. The molecule has 0 unspecified atom stereocenters. The number of aromatic nitrogens is 2. The van der Waals surface area contributed by atoms with Gasteiger partial charge in [0.1, 0.15) is 18.1 Å². The van der Waals surface area contributed by atoms with Crippen molar-refractivity contribution in [2.45, 2.75) is 13.5 Å². The maximum absolute atomic E-state index is 11.5. The Hall–Kier alpha value is -1.95. The molecule has 2 aromatic rings. The predicted molar refractivity (Wildman–Crippen MR) is 68.8 cm³/mol. The number of hydrogen-bond acceptors (Lipinski definition) is 5. The lowest BCUT2D eigenvalue weighted by Crippen LogP contribution is -2.17. The second kappa shape index (κ2) is 5.59. The molecule has 0 spiro atoms. The average Bonchev–Trinajstić information content (AvgIpc) is 2.81. The van der Waals surface area contributed by atoms with E-state index in [-0.39, 0.29) is 5.91 Å². The Labute approximate surface area is 109 Å². The van der Waals surface area contributed by atoms with Crippen LogP contribution in [0.4, 0.5) is 0 Å². The van der Waals surface area contributed by atoms with Crippen LogP contribution in [-0.4, -0.2) is 21.7 Å². The molecule has 0 atom stereocenters. The Balaban J connectivity index is 2.06. The molecule has 94 valence electrons. The summed E-state index contributed by atoms with van der Waals surface area (Å²) in [5.41, 5.74) is 2.27. The number of nitrogens with one attached hydrogen (secondary N) is 1. The lowest BCUT2D eigenvalue weighted by Gasteiger charge is -2.06. The molecule has 0 saturated carbocycles. The summed E-state index contributed by atoms with van der Waals surface area (Å²) >= 11 is 1.17. The molecule has 1 amide bonds. The number of ether oxygens (including phenoxy) is 1. The van der Waals surface area contributed by atoms with Gasteiger partial charge >= 0.3 is 0 Å². The van der Waals surface area contributed by atoms with Crippen molar-refractivity contribution in [3.8, 4) is 5.75 Å². The van der Waals surface area contributed by atoms with Crippen LogP contribution in [0.3, 0.4) is 0 Å². The standard InChI is InChI=1S/C12H13N3O2S/c1-8-11(15-18-14-8)7-17-10-5-3-4-9(6-10)12(16)13-2/h3-6H,7H2,1-2H3,(H,13,16). The van der Waals surface area contributed by atoms with Gasteiger partial charge in [-0.05, 0) is 25.1 Å². The fourth-order valence-electron chi connectivity index (χ4n) is 1.40. The number of rotatable bonds is 4. The molecule has 1 aromatic carbocycles. The van der Waals surface area contributed by atoms with Crippen LogP contribution >= 0.6 is 11.7 Å². The van der Waals surface area contributed by atoms with E-state index in [1.54, 1.807) is 25.2 Å². The normalized spacial score (nSPS) is 10.1. The molecular formula is C12H13N3O2S. The topological polar surface area (TPSA) is 64.1 Å². The zero-order chi connectivity index (χ0) is 13.0. The molecule has 5 nitrogen and oxygen atoms in total. The number of carbonyl (C=O) groups is 1. The van der Waals surface area contributed by atoms with Gasteiger partial charge in [-0.25, -0.2) is 0 Å². The Morgan fingerprint density at radius 3 is 2.94 bits per heavy atom. The third kappa shape index (κ3) is 2.84. The van der Waals surface area contributed by atoms with Gasteiger partial charge in [0.15, 0.2) is 0 Å². The van der Waals surface area contributed by atoms with Gasteiger partial charge in [-0.1, -0.05) is 6.07 Å². The number of benzene rings is 1. The summed E-state index contributed by atoms with van der Waals surface area (Å²) in [7, 11) is 1.60. The van der Waals surface area contributed by atoms with Crippen molar-refractivity contribution in [2.24, 2.45) is 0 Å². The summed E-state index contributed by atoms with van der Waals surface area (Å²) in [6.07, 6.45) is 0. The van der Waals surface area contributed by atoms with Crippen molar-refractivity contribution in [1.29, 1.82) is 0 Å². The van der Waals surface area contributed by atoms with Crippen LogP contribution in [0.1, 0.15) is 21.7 Å². The summed E-state index contributed by atoms with van der Waals surface area (Å²) < 4.78 is 13.8. The van der Waals surface area contributed by atoms with Crippen LogP contribution in [0.2, 0.25) is 0 Å². The monoisotopic (exact) mass is 263 g/mol. The van der Waals surface area contributed by atoms with Crippen molar-refractivity contribution < 1.29 is 9.53 Å². The molecule has 0 aliphatic heterocycles. The van der Waals surface area contributed by atoms with Crippen LogP contribution in [0.15, 0.2) is 24.3 Å². The van der Waals surface area contributed by atoms with Gasteiger partial charge in [0.2, 0.25) is 0 Å². The molecule has 0 aliphatic carbocycles. The van der Waals surface area contributed by atoms with E-state index in [0.29, 0.717) is 17.9 Å². The zero-order valence-corrected chi connectivity index (χ0v) is 11.0. The minimum atomic E-state index is -0.132. The molecule has 1 N–H and O–H groups in total. The molecule has 0 aliphatic rings. The van der Waals surface area contributed by atoms with E-state index in [2.05, 4.69) is 14.1 Å². The molecule has 6 heteroatoms. The maximum Gasteiger partial charge on any atom is 0.251 e. The Kier molecular flexibility index (Phi) is 3.88. The Morgan fingerprint density at radius 1 is 1.44 bits per heavy atom. The molecule has 18 heavy (non-hydrogen) atoms. The first-order chi connectivity index (χ1) is 8.70. The van der Waals surface area contributed by atoms with Crippen LogP contribution in [0.25, 0.3) is 0 Å². The van der Waals surface area contributed by atoms with Gasteiger partial charge in [0, 0.05) is 12.6 Å². The molecule has 0 saturated heterocycles. The number of aryl methyl sites for hydroxylation is 1. The number of carbonyl (C=O) groups excluding carboxylic acids is 1. The first kappa shape index (κ1) is 12.5. The van der Waals surface area contributed by atoms with Crippen molar-refractivity contribution in [3.05, 3.63) is 41.2 Å². The number of amides is 1. The minimum absolute atomic E-state index is 0.132. The van der Waals surface area contributed by atoms with Gasteiger partial charge in [-0.15, -0.1) is 0 Å². The van der Waals surface area contributed by atoms with Crippen molar-refractivity contribution in [2.75, 3.05) is 7.05 Å². The zero-order valence-electron chi connectivity index (χ0n) is 10.1. The van der Waals surface area contributed by atoms with E-state index >= 15 is 0 Å². The lowest BCUT2D eigenvalue weighted by molar-refractivity contribution is 0.0962. The molecule has 0 radical (unpaired) electrons. The summed E-state index contributed by atoms with van der Waals surface area (Å²) in [4.78, 5) is 11.5. The highest BCUT2D eigenvalue weighted by Gasteiger charge is 2.06. The molecule has 2 rings (SSSR count). The van der Waals surface area contributed by atoms with E-state index in [0.717, 1.165) is 11.4 Å². The van der Waals surface area contributed by atoms with E-state index < -0.39 is 0 Å². The van der Waals surface area contributed by atoms with Gasteiger partial charge in [-0.2, -0.15) is 8.75 Å². The highest BCUT2D eigenvalue weighted by Crippen LogP contribution is 2.15. The first-order valence-electron chi connectivity index (χ1n) is 5.43. The van der Waals surface area contributed by atoms with E-state index in [4.69, 9.17) is 4.74 Å². The van der Waals surface area contributed by atoms with Crippen LogP contribution in [0, 0.1) is 6.92 Å². The Bertz CT molecular complexity index is 554. The van der Waals surface area contributed by atoms with Gasteiger partial charge in [-0.3, -0.25) is 4.79 Å². The SMILES string of the molecule is CNC(=O)c1cccc(OCc2nsnc2C)c1. The number of nitrogens with zero attached hydrogens (tertiary/aromatic N) is 2. The largest absolute Gasteiger partial charge is 0.487 e. The van der Waals surface area contributed by atoms with Crippen molar-refractivity contribution >= 4 is 17.6 Å². The summed E-state index contributed by atoms with van der Waals surface area (Å²) in [5.74, 6) is 0.510. The fourth-order valence-corrected chi connectivity index (χ4v) is 1.96. The number of hydrogen-bond donors (Lipinski definition) is 1. The molecule has 0 fully saturated rings. The predicted octanol–water partition coefficient (Wildman–Crippen LogP) is 1.79. The molecule has 1 aromatic heterocycles. The van der Waals surface area contributed by atoms with Crippen LogP contribution in [-0.2, 0) is 6.61 Å². The van der Waals surface area contributed by atoms with Crippen LogP contribution in [0.5, 0.6) is 5.75 Å². The van der Waals surface area contributed by atoms with Crippen molar-refractivity contribution in [1.82, 2.24) is 14.1 Å². The molecule has 1 heterocycles. The molecular weight excluding hydrogens is 250 g/mol. The molecule has 0 bridgehead atoms. The highest BCUT2D eigenvalue weighted by atomic mass is 32.1. The first-order valence-corrected chi connectivity index (χ1v) is 6.16. The third-order valence-electron chi connectivity index (χ3n) is 2.45. The van der Waals surface area contributed by atoms with Crippen LogP contribution < -0.4 is 10.1 Å². The summed E-state index contributed by atoms with van der Waals surface area (Å²) in [5, 5.41) is 2.57. The second-order valence-corrected chi connectivity index (χ2v) is 4.22. The van der Waals surface area contributed by atoms with E-state index in [1.165, 1.54) is 11.7 Å². The summed E-state index contributed by atoms with van der Waals surface area (Å²) in [6.45, 7) is 2.25. The third-order valence-corrected chi connectivity index (χ3v) is 3.10. The van der Waals surface area contributed by atoms with Gasteiger partial charge in [0.05, 0.1) is 17.4 Å². The van der Waals surface area contributed by atoms with Gasteiger partial charge in [0.25, 0.3) is 5.91 Å². The summed E-state index contributed by atoms with van der Waals surface area (Å²) in [6, 6.07) is 7.03.